The first-order valence-electron chi connectivity index (χ1n) is 4.63. The lowest BCUT2D eigenvalue weighted by Crippen LogP contribution is -2.00. The topological polar surface area (TPSA) is 80.6 Å². The van der Waals surface area contributed by atoms with Crippen LogP contribution in [-0.2, 0) is 5.75 Å². The summed E-state index contributed by atoms with van der Waals surface area (Å²) in [4.78, 5) is 15.1. The predicted octanol–water partition coefficient (Wildman–Crippen LogP) is 1.48. The van der Waals surface area contributed by atoms with Crippen LogP contribution >= 0.6 is 11.8 Å². The number of pyridine rings is 1. The molecule has 0 aliphatic rings. The molecule has 0 amide bonds. The number of hydrogen-bond donors (Lipinski definition) is 2. The maximum atomic E-state index is 11.0. The van der Waals surface area contributed by atoms with Crippen molar-refractivity contribution in [3.05, 3.63) is 29.7 Å². The molecule has 0 unspecified atom stereocenters. The zero-order valence-electron chi connectivity index (χ0n) is 8.67. The van der Waals surface area contributed by atoms with Gasteiger partial charge in [0.25, 0.3) is 0 Å². The number of nitrogen functional groups attached to an aromatic ring is 1. The Hall–Kier alpha value is -1.69. The highest BCUT2D eigenvalue weighted by Crippen LogP contribution is 2.20. The van der Waals surface area contributed by atoms with Crippen LogP contribution in [0.2, 0.25) is 0 Å². The van der Waals surface area contributed by atoms with Crippen LogP contribution in [0.15, 0.2) is 18.2 Å². The van der Waals surface area contributed by atoms with Gasteiger partial charge in [-0.15, -0.1) is 0 Å². The fourth-order valence-corrected chi connectivity index (χ4v) is 2.07. The van der Waals surface area contributed by atoms with Crippen molar-refractivity contribution in [1.29, 1.82) is 0 Å². The maximum Gasteiger partial charge on any atom is 0.356 e. The zero-order valence-corrected chi connectivity index (χ0v) is 9.49. The Kier molecular flexibility index (Phi) is 2.74. The number of nitrogens with two attached hydrogens (primary N) is 1. The lowest BCUT2D eigenvalue weighted by Gasteiger charge is -2.02. The monoisotopic (exact) mass is 237 g/mol. The zero-order chi connectivity index (χ0) is 11.7. The first kappa shape index (κ1) is 10.8. The molecule has 2 heterocycles. The molecule has 5 nitrogen and oxygen atoms in total. The van der Waals surface area contributed by atoms with E-state index < -0.39 is 5.97 Å². The van der Waals surface area contributed by atoms with Crippen molar-refractivity contribution in [1.82, 2.24) is 9.38 Å². The van der Waals surface area contributed by atoms with Crippen molar-refractivity contribution in [2.75, 3.05) is 12.0 Å². The summed E-state index contributed by atoms with van der Waals surface area (Å²) in [5, 5.41) is 9.03. The minimum atomic E-state index is -1.03. The molecule has 0 spiro atoms. The van der Waals surface area contributed by atoms with Gasteiger partial charge in [-0.2, -0.15) is 11.8 Å². The van der Waals surface area contributed by atoms with Crippen molar-refractivity contribution in [3.8, 4) is 0 Å². The Bertz CT molecular complexity index is 550. The molecule has 16 heavy (non-hydrogen) atoms. The highest BCUT2D eigenvalue weighted by atomic mass is 32.2. The molecule has 84 valence electrons. The standard InChI is InChI=1S/C10H11N3O2S/c1-16-5-8-12-9(10(14)15)6-3-2-4-7(11)13(6)8/h2-4H,5,11H2,1H3,(H,14,15). The van der Waals surface area contributed by atoms with E-state index in [2.05, 4.69) is 4.98 Å². The number of anilines is 1. The third-order valence-corrected chi connectivity index (χ3v) is 2.78. The van der Waals surface area contributed by atoms with Crippen molar-refractivity contribution < 1.29 is 9.90 Å². The summed E-state index contributed by atoms with van der Waals surface area (Å²) >= 11 is 1.57. The highest BCUT2D eigenvalue weighted by molar-refractivity contribution is 7.97. The number of fused-ring (bicyclic) bond motifs is 1. The number of carboxylic acid groups (broad SMARTS) is 1. The fraction of sp³-hybridized carbons (Fsp3) is 0.200. The van der Waals surface area contributed by atoms with E-state index in [1.54, 1.807) is 34.4 Å². The second kappa shape index (κ2) is 4.05. The lowest BCUT2D eigenvalue weighted by molar-refractivity contribution is 0.0693. The van der Waals surface area contributed by atoms with Crippen LogP contribution < -0.4 is 5.73 Å². The van der Waals surface area contributed by atoms with Crippen molar-refractivity contribution in [2.24, 2.45) is 0 Å². The first-order valence-corrected chi connectivity index (χ1v) is 6.02. The quantitative estimate of drug-likeness (QED) is 0.845. The Labute approximate surface area is 96.3 Å². The number of thioether (sulfide) groups is 1. The van der Waals surface area contributed by atoms with Gasteiger partial charge in [-0.3, -0.25) is 4.40 Å². The Morgan fingerprint density at radius 2 is 2.38 bits per heavy atom. The number of carboxylic acids is 1. The molecule has 2 aromatic rings. The van der Waals surface area contributed by atoms with Gasteiger partial charge in [0.1, 0.15) is 11.6 Å². The molecule has 2 rings (SSSR count). The van der Waals surface area contributed by atoms with Crippen LogP contribution in [0.5, 0.6) is 0 Å². The van der Waals surface area contributed by atoms with Crippen molar-refractivity contribution in [2.45, 2.75) is 5.75 Å². The van der Waals surface area contributed by atoms with Gasteiger partial charge in [-0.05, 0) is 18.4 Å². The molecule has 0 bridgehead atoms. The van der Waals surface area contributed by atoms with E-state index in [1.807, 2.05) is 6.26 Å². The van der Waals surface area contributed by atoms with Gasteiger partial charge in [0.2, 0.25) is 0 Å². The van der Waals surface area contributed by atoms with Crippen LogP contribution in [0.3, 0.4) is 0 Å². The molecular formula is C10H11N3O2S. The van der Waals surface area contributed by atoms with Crippen LogP contribution in [0.4, 0.5) is 5.82 Å². The average molecular weight is 237 g/mol. The largest absolute Gasteiger partial charge is 0.476 e. The summed E-state index contributed by atoms with van der Waals surface area (Å²) in [5.41, 5.74) is 6.41. The highest BCUT2D eigenvalue weighted by Gasteiger charge is 2.17. The predicted molar refractivity (Wildman–Crippen MR) is 63.8 cm³/mol. The summed E-state index contributed by atoms with van der Waals surface area (Å²) in [5.74, 6) is 0.762. The SMILES string of the molecule is CSCc1nc(C(=O)O)c2cccc(N)n12. The second-order valence-electron chi connectivity index (χ2n) is 3.29. The summed E-state index contributed by atoms with van der Waals surface area (Å²) in [6.07, 6.45) is 1.93. The molecule has 0 aromatic carbocycles. The van der Waals surface area contributed by atoms with Crippen molar-refractivity contribution >= 4 is 29.1 Å². The van der Waals surface area contributed by atoms with E-state index in [4.69, 9.17) is 10.8 Å². The molecular weight excluding hydrogens is 226 g/mol. The molecule has 0 saturated carbocycles. The smallest absolute Gasteiger partial charge is 0.356 e. The molecule has 2 aromatic heterocycles. The summed E-state index contributed by atoms with van der Waals surface area (Å²) < 4.78 is 1.68. The minimum absolute atomic E-state index is 0.0522. The van der Waals surface area contributed by atoms with Crippen LogP contribution in [0.1, 0.15) is 16.3 Å². The van der Waals surface area contributed by atoms with E-state index >= 15 is 0 Å². The minimum Gasteiger partial charge on any atom is -0.476 e. The second-order valence-corrected chi connectivity index (χ2v) is 4.15. The van der Waals surface area contributed by atoms with Gasteiger partial charge in [0.15, 0.2) is 5.69 Å². The molecule has 0 saturated heterocycles. The third kappa shape index (κ3) is 1.61. The van der Waals surface area contributed by atoms with E-state index in [0.717, 1.165) is 0 Å². The van der Waals surface area contributed by atoms with Crippen LogP contribution in [-0.4, -0.2) is 26.7 Å². The van der Waals surface area contributed by atoms with Gasteiger partial charge in [0, 0.05) is 0 Å². The molecule has 0 atom stereocenters. The number of carbonyl (C=O) groups is 1. The average Bonchev–Trinajstić information content (AvgIpc) is 2.59. The lowest BCUT2D eigenvalue weighted by atomic mass is 10.3. The van der Waals surface area contributed by atoms with E-state index in [-0.39, 0.29) is 5.69 Å². The summed E-state index contributed by atoms with van der Waals surface area (Å²) in [7, 11) is 0. The number of imidazole rings is 1. The molecule has 0 aliphatic heterocycles. The van der Waals surface area contributed by atoms with E-state index in [1.165, 1.54) is 0 Å². The number of nitrogens with zero attached hydrogens (tertiary/aromatic N) is 2. The van der Waals surface area contributed by atoms with E-state index in [0.29, 0.717) is 22.9 Å². The summed E-state index contributed by atoms with van der Waals surface area (Å²) in [6.45, 7) is 0. The number of hydrogen-bond acceptors (Lipinski definition) is 4. The molecule has 3 N–H and O–H groups in total. The first-order chi connectivity index (χ1) is 7.65. The number of rotatable bonds is 3. The number of aromatic nitrogens is 2. The Balaban J connectivity index is 2.76. The molecule has 0 radical (unpaired) electrons. The Morgan fingerprint density at radius 3 is 3.00 bits per heavy atom. The Morgan fingerprint density at radius 1 is 1.62 bits per heavy atom. The molecule has 0 aliphatic carbocycles. The van der Waals surface area contributed by atoms with Gasteiger partial charge in [-0.1, -0.05) is 6.07 Å². The van der Waals surface area contributed by atoms with Gasteiger partial charge in [0.05, 0.1) is 11.3 Å². The normalized spacial score (nSPS) is 10.8. The van der Waals surface area contributed by atoms with Crippen molar-refractivity contribution in [3.63, 3.8) is 0 Å². The van der Waals surface area contributed by atoms with Crippen LogP contribution in [0, 0.1) is 0 Å². The van der Waals surface area contributed by atoms with E-state index in [9.17, 15) is 4.79 Å². The third-order valence-electron chi connectivity index (χ3n) is 2.24. The maximum absolute atomic E-state index is 11.0. The number of aromatic carboxylic acids is 1. The fourth-order valence-electron chi connectivity index (χ4n) is 1.62. The van der Waals surface area contributed by atoms with Gasteiger partial charge in [-0.25, -0.2) is 9.78 Å². The molecule has 6 heteroatoms. The summed E-state index contributed by atoms with van der Waals surface area (Å²) in [6, 6.07) is 5.16. The molecule has 0 fully saturated rings. The van der Waals surface area contributed by atoms with Gasteiger partial charge >= 0.3 is 5.97 Å². The van der Waals surface area contributed by atoms with Crippen LogP contribution in [0.25, 0.3) is 5.52 Å². The van der Waals surface area contributed by atoms with Gasteiger partial charge < -0.3 is 10.8 Å².